The first-order valence-electron chi connectivity index (χ1n) is 6.35. The summed E-state index contributed by atoms with van der Waals surface area (Å²) in [5.74, 6) is 5.94. The van der Waals surface area contributed by atoms with Crippen molar-refractivity contribution in [2.45, 2.75) is 38.5 Å². The summed E-state index contributed by atoms with van der Waals surface area (Å²) in [6, 6.07) is 0. The summed E-state index contributed by atoms with van der Waals surface area (Å²) < 4.78 is 4.52. The van der Waals surface area contributed by atoms with Crippen LogP contribution in [0.15, 0.2) is 0 Å². The highest BCUT2D eigenvalue weighted by molar-refractivity contribution is 5.83. The fraction of sp³-hybridized carbons (Fsp3) is 0.714. The molecule has 1 fully saturated rings. The van der Waals surface area contributed by atoms with Gasteiger partial charge in [-0.25, -0.2) is 0 Å². The lowest BCUT2D eigenvalue weighted by Crippen LogP contribution is -2.17. The zero-order chi connectivity index (χ0) is 13.4. The summed E-state index contributed by atoms with van der Waals surface area (Å²) in [6.07, 6.45) is 3.58. The molecule has 100 valence electrons. The first-order valence-corrected chi connectivity index (χ1v) is 6.35. The monoisotopic (exact) mass is 252 g/mol. The number of methoxy groups -OCH3 is 1. The highest BCUT2D eigenvalue weighted by Crippen LogP contribution is 2.30. The van der Waals surface area contributed by atoms with Gasteiger partial charge >= 0.3 is 5.97 Å². The predicted octanol–water partition coefficient (Wildman–Crippen LogP) is 1.31. The fourth-order valence-electron chi connectivity index (χ4n) is 2.17. The number of unbranched alkanes of at least 4 members (excludes halogenated alkanes) is 1. The summed E-state index contributed by atoms with van der Waals surface area (Å²) in [5.41, 5.74) is 0. The quantitative estimate of drug-likeness (QED) is 0.455. The zero-order valence-electron chi connectivity index (χ0n) is 10.8. The van der Waals surface area contributed by atoms with Gasteiger partial charge in [-0.2, -0.15) is 0 Å². The van der Waals surface area contributed by atoms with Crippen molar-refractivity contribution in [3.05, 3.63) is 0 Å². The minimum Gasteiger partial charge on any atom is -0.469 e. The number of esters is 1. The molecule has 0 bridgehead atoms. The molecule has 0 unspecified atom stereocenters. The van der Waals surface area contributed by atoms with E-state index in [-0.39, 0.29) is 30.2 Å². The molecule has 4 nitrogen and oxygen atoms in total. The van der Waals surface area contributed by atoms with E-state index in [0.29, 0.717) is 32.1 Å². The molecule has 0 heterocycles. The van der Waals surface area contributed by atoms with Gasteiger partial charge < -0.3 is 9.84 Å². The van der Waals surface area contributed by atoms with Crippen LogP contribution in [0.25, 0.3) is 0 Å². The Balaban J connectivity index is 2.24. The van der Waals surface area contributed by atoms with E-state index < -0.39 is 0 Å². The standard InChI is InChI=1S/C14H20O4/c1-18-14(17)7-5-3-2-4-6-12-11(10-15)8-9-13(12)16/h11-12,15H,3,5-10H2,1H3/t11-,12-/m1/s1. The summed E-state index contributed by atoms with van der Waals surface area (Å²) in [7, 11) is 1.37. The first kappa shape index (κ1) is 14.7. The maximum Gasteiger partial charge on any atom is 0.305 e. The molecule has 0 aromatic heterocycles. The normalized spacial score (nSPS) is 22.4. The number of aliphatic hydroxyl groups is 1. The Hall–Kier alpha value is -1.34. The number of rotatable bonds is 5. The Labute approximate surface area is 108 Å². The highest BCUT2D eigenvalue weighted by Gasteiger charge is 2.33. The number of carbonyl (C=O) groups excluding carboxylic acids is 2. The number of Topliss-reactive ketones (excluding diaryl/α,β-unsaturated/α-hetero) is 1. The van der Waals surface area contributed by atoms with Gasteiger partial charge in [-0.3, -0.25) is 9.59 Å². The van der Waals surface area contributed by atoms with Crippen molar-refractivity contribution >= 4 is 11.8 Å². The van der Waals surface area contributed by atoms with Crippen LogP contribution < -0.4 is 0 Å². The molecule has 1 rings (SSSR count). The summed E-state index contributed by atoms with van der Waals surface area (Å²) in [4.78, 5) is 22.4. The number of hydrogen-bond donors (Lipinski definition) is 1. The molecule has 0 aliphatic heterocycles. The van der Waals surface area contributed by atoms with Gasteiger partial charge in [-0.05, 0) is 18.8 Å². The molecule has 4 heteroatoms. The Bertz CT molecular complexity index is 351. The van der Waals surface area contributed by atoms with Crippen LogP contribution in [0.5, 0.6) is 0 Å². The maximum atomic E-state index is 11.6. The van der Waals surface area contributed by atoms with Crippen molar-refractivity contribution in [1.29, 1.82) is 0 Å². The lowest BCUT2D eigenvalue weighted by Gasteiger charge is -2.12. The molecule has 0 radical (unpaired) electrons. The Morgan fingerprint density at radius 2 is 2.28 bits per heavy atom. The molecule has 0 saturated heterocycles. The average Bonchev–Trinajstić information content (AvgIpc) is 2.74. The SMILES string of the molecule is COC(=O)CCCC#CC[C@H]1C(=O)CC[C@@H]1CO. The van der Waals surface area contributed by atoms with Crippen LogP contribution >= 0.6 is 0 Å². The van der Waals surface area contributed by atoms with Gasteiger partial charge in [0, 0.05) is 38.2 Å². The van der Waals surface area contributed by atoms with E-state index in [1.54, 1.807) is 0 Å². The van der Waals surface area contributed by atoms with E-state index in [0.717, 1.165) is 6.42 Å². The molecule has 0 spiro atoms. The van der Waals surface area contributed by atoms with Crippen molar-refractivity contribution in [2.75, 3.05) is 13.7 Å². The summed E-state index contributed by atoms with van der Waals surface area (Å²) in [6.45, 7) is 0.0699. The Morgan fingerprint density at radius 3 is 2.94 bits per heavy atom. The second-order valence-corrected chi connectivity index (χ2v) is 4.54. The Kier molecular flexibility index (Phi) is 6.45. The number of aliphatic hydroxyl groups excluding tert-OH is 1. The average molecular weight is 252 g/mol. The number of ether oxygens (including phenoxy) is 1. The van der Waals surface area contributed by atoms with Crippen LogP contribution in [0, 0.1) is 23.7 Å². The molecule has 0 aromatic carbocycles. The third-order valence-electron chi connectivity index (χ3n) is 3.34. The van der Waals surface area contributed by atoms with Crippen LogP contribution in [0.2, 0.25) is 0 Å². The largest absolute Gasteiger partial charge is 0.469 e. The van der Waals surface area contributed by atoms with Crippen LogP contribution in [-0.4, -0.2) is 30.6 Å². The predicted molar refractivity (Wildman–Crippen MR) is 66.6 cm³/mol. The van der Waals surface area contributed by atoms with Crippen molar-refractivity contribution in [2.24, 2.45) is 11.8 Å². The smallest absolute Gasteiger partial charge is 0.305 e. The van der Waals surface area contributed by atoms with Crippen LogP contribution in [0.1, 0.15) is 38.5 Å². The minimum atomic E-state index is -0.219. The van der Waals surface area contributed by atoms with E-state index >= 15 is 0 Å². The van der Waals surface area contributed by atoms with E-state index in [1.807, 2.05) is 0 Å². The van der Waals surface area contributed by atoms with Gasteiger partial charge in [0.2, 0.25) is 0 Å². The van der Waals surface area contributed by atoms with E-state index in [2.05, 4.69) is 16.6 Å². The molecule has 1 saturated carbocycles. The number of ketones is 1. The highest BCUT2D eigenvalue weighted by atomic mass is 16.5. The molecule has 1 N–H and O–H groups in total. The lowest BCUT2D eigenvalue weighted by atomic mass is 9.93. The summed E-state index contributed by atoms with van der Waals surface area (Å²) >= 11 is 0. The van der Waals surface area contributed by atoms with Gasteiger partial charge in [0.25, 0.3) is 0 Å². The molecule has 1 aliphatic carbocycles. The van der Waals surface area contributed by atoms with Crippen molar-refractivity contribution in [3.8, 4) is 11.8 Å². The van der Waals surface area contributed by atoms with Gasteiger partial charge in [0.1, 0.15) is 5.78 Å². The van der Waals surface area contributed by atoms with Crippen LogP contribution in [-0.2, 0) is 14.3 Å². The van der Waals surface area contributed by atoms with Gasteiger partial charge in [-0.1, -0.05) is 0 Å². The molecule has 1 aliphatic rings. The minimum absolute atomic E-state index is 0.0699. The van der Waals surface area contributed by atoms with Gasteiger partial charge in [0.15, 0.2) is 0 Å². The molecule has 0 aromatic rings. The molecule has 18 heavy (non-hydrogen) atoms. The fourth-order valence-corrected chi connectivity index (χ4v) is 2.17. The second-order valence-electron chi connectivity index (χ2n) is 4.54. The van der Waals surface area contributed by atoms with Crippen molar-refractivity contribution in [1.82, 2.24) is 0 Å². The van der Waals surface area contributed by atoms with Crippen molar-refractivity contribution in [3.63, 3.8) is 0 Å². The molecule has 2 atom stereocenters. The third-order valence-corrected chi connectivity index (χ3v) is 3.34. The van der Waals surface area contributed by atoms with E-state index in [9.17, 15) is 9.59 Å². The van der Waals surface area contributed by atoms with Crippen LogP contribution in [0.3, 0.4) is 0 Å². The zero-order valence-corrected chi connectivity index (χ0v) is 10.8. The third kappa shape index (κ3) is 4.50. The maximum absolute atomic E-state index is 11.6. The molecule has 0 amide bonds. The molecular weight excluding hydrogens is 232 g/mol. The second kappa shape index (κ2) is 7.88. The van der Waals surface area contributed by atoms with Crippen molar-refractivity contribution < 1.29 is 19.4 Å². The number of hydrogen-bond acceptors (Lipinski definition) is 4. The lowest BCUT2D eigenvalue weighted by molar-refractivity contribution is -0.140. The summed E-state index contributed by atoms with van der Waals surface area (Å²) in [5, 5.41) is 9.13. The van der Waals surface area contributed by atoms with Crippen LogP contribution in [0.4, 0.5) is 0 Å². The number of carbonyl (C=O) groups is 2. The van der Waals surface area contributed by atoms with Gasteiger partial charge in [-0.15, -0.1) is 11.8 Å². The van der Waals surface area contributed by atoms with Gasteiger partial charge in [0.05, 0.1) is 7.11 Å². The first-order chi connectivity index (χ1) is 8.69. The Morgan fingerprint density at radius 1 is 1.50 bits per heavy atom. The molecular formula is C14H20O4. The van der Waals surface area contributed by atoms with E-state index in [4.69, 9.17) is 5.11 Å². The van der Waals surface area contributed by atoms with E-state index in [1.165, 1.54) is 7.11 Å². The topological polar surface area (TPSA) is 63.6 Å².